The molecule has 10 heteroatoms. The lowest BCUT2D eigenvalue weighted by Crippen LogP contribution is -2.06. The Morgan fingerprint density at radius 1 is 1.23 bits per heavy atom. The highest BCUT2D eigenvalue weighted by Gasteiger charge is 2.15. The number of aromatic nitrogens is 7. The number of nitrogens with one attached hydrogen (secondary N) is 1. The topological polar surface area (TPSA) is 97.4 Å². The number of hydrogen-bond acceptors (Lipinski definition) is 5. The Morgan fingerprint density at radius 2 is 2.03 bits per heavy atom. The molecule has 2 N–H and O–H groups in total. The number of H-pyrrole nitrogens is 1. The molecule has 0 aliphatic rings. The number of nitrogens with zero attached hydrogens (tertiary/aromatic N) is 6. The smallest absolute Gasteiger partial charge is 0.180 e. The number of imidazole rings is 1. The average molecular weight is 491 g/mol. The van der Waals surface area contributed by atoms with E-state index in [0.717, 1.165) is 46.5 Å². The van der Waals surface area contributed by atoms with Gasteiger partial charge < -0.3 is 14.2 Å². The summed E-state index contributed by atoms with van der Waals surface area (Å²) in [6, 6.07) is 10.2. The molecule has 30 heavy (non-hydrogen) atoms. The molecule has 0 aliphatic carbocycles. The van der Waals surface area contributed by atoms with Crippen LogP contribution in [-0.2, 0) is 19.6 Å². The van der Waals surface area contributed by atoms with Crippen LogP contribution in [0.3, 0.4) is 0 Å². The molecule has 0 radical (unpaired) electrons. The van der Waals surface area contributed by atoms with Crippen LogP contribution in [0.5, 0.6) is 0 Å². The molecule has 4 aromatic rings. The van der Waals surface area contributed by atoms with Crippen molar-refractivity contribution in [3.8, 4) is 17.1 Å². The van der Waals surface area contributed by atoms with Gasteiger partial charge in [-0.3, -0.25) is 0 Å². The van der Waals surface area contributed by atoms with Gasteiger partial charge in [0, 0.05) is 23.9 Å². The van der Waals surface area contributed by atoms with Crippen LogP contribution < -0.4 is 0 Å². The third-order valence-corrected chi connectivity index (χ3v) is 5.93. The molecular weight excluding hydrogens is 470 g/mol. The van der Waals surface area contributed by atoms with Crippen LogP contribution in [0.15, 0.2) is 41.1 Å². The molecule has 0 saturated heterocycles. The van der Waals surface area contributed by atoms with Crippen molar-refractivity contribution in [2.75, 3.05) is 0 Å². The van der Waals surface area contributed by atoms with Crippen LogP contribution in [-0.4, -0.2) is 39.8 Å². The highest BCUT2D eigenvalue weighted by Crippen LogP contribution is 2.26. The van der Waals surface area contributed by atoms with E-state index in [9.17, 15) is 5.11 Å². The van der Waals surface area contributed by atoms with E-state index in [2.05, 4.69) is 60.6 Å². The molecule has 0 unspecified atom stereocenters. The van der Waals surface area contributed by atoms with Crippen LogP contribution in [0.1, 0.15) is 36.8 Å². The Hall–Kier alpha value is -2.49. The van der Waals surface area contributed by atoms with Crippen molar-refractivity contribution in [2.45, 2.75) is 39.3 Å². The van der Waals surface area contributed by atoms with Crippen LogP contribution in [0, 0.1) is 0 Å². The molecule has 0 saturated carbocycles. The molecule has 8 nitrogen and oxygen atoms in total. The van der Waals surface area contributed by atoms with Gasteiger partial charge in [0.05, 0.1) is 17.8 Å². The minimum Gasteiger partial charge on any atom is -0.390 e. The zero-order chi connectivity index (χ0) is 21.1. The molecular formula is C20H21BrClN7O. The van der Waals surface area contributed by atoms with Crippen LogP contribution in [0.25, 0.3) is 17.1 Å². The quantitative estimate of drug-likeness (QED) is 0.387. The summed E-state index contributed by atoms with van der Waals surface area (Å²) in [7, 11) is 0. The summed E-state index contributed by atoms with van der Waals surface area (Å²) in [6.45, 7) is 2.59. The molecule has 3 aromatic heterocycles. The summed E-state index contributed by atoms with van der Waals surface area (Å²) in [4.78, 5) is 4.52. The van der Waals surface area contributed by atoms with Crippen molar-refractivity contribution in [3.05, 3.63) is 63.4 Å². The normalized spacial score (nSPS) is 11.3. The van der Waals surface area contributed by atoms with Gasteiger partial charge in [-0.25, -0.2) is 10.1 Å². The lowest BCUT2D eigenvalue weighted by Gasteiger charge is -2.11. The number of halogens is 2. The molecule has 1 aromatic carbocycles. The van der Waals surface area contributed by atoms with Gasteiger partial charge in [0.25, 0.3) is 0 Å². The average Bonchev–Trinajstić information content (AvgIpc) is 3.48. The van der Waals surface area contributed by atoms with E-state index in [0.29, 0.717) is 23.2 Å². The number of aliphatic hydroxyl groups excluding tert-OH is 1. The Balaban J connectivity index is 1.57. The van der Waals surface area contributed by atoms with Crippen LogP contribution in [0.2, 0.25) is 5.15 Å². The first-order chi connectivity index (χ1) is 14.6. The number of rotatable bonds is 8. The third kappa shape index (κ3) is 4.19. The van der Waals surface area contributed by atoms with Crippen molar-refractivity contribution in [1.29, 1.82) is 0 Å². The fraction of sp³-hybridized carbons (Fsp3) is 0.300. The number of tetrazole rings is 1. The number of benzene rings is 1. The first-order valence-electron chi connectivity index (χ1n) is 9.66. The molecule has 0 fully saturated rings. The van der Waals surface area contributed by atoms with Gasteiger partial charge in [-0.15, -0.1) is 5.10 Å². The molecule has 4 rings (SSSR count). The Kier molecular flexibility index (Phi) is 6.31. The van der Waals surface area contributed by atoms with Crippen LogP contribution in [0.4, 0.5) is 0 Å². The van der Waals surface area contributed by atoms with E-state index >= 15 is 0 Å². The SMILES string of the molecule is CCCCc1nc(CO)c(Cl)n1Cc1ccc(-n2cc(-c3nnn[nH]3)cc2Br)cc1. The second kappa shape index (κ2) is 9.11. The first kappa shape index (κ1) is 20.8. The van der Waals surface area contributed by atoms with E-state index in [1.807, 2.05) is 33.5 Å². The number of aryl methyl sites for hydroxylation is 1. The summed E-state index contributed by atoms with van der Waals surface area (Å²) in [5.41, 5.74) is 3.52. The maximum atomic E-state index is 9.52. The van der Waals surface area contributed by atoms with Gasteiger partial charge in [0.15, 0.2) is 5.82 Å². The standard InChI is InChI=1S/C20H21BrClN7O/c1-2-3-4-18-23-16(12-30)19(22)29(18)10-13-5-7-15(8-6-13)28-11-14(9-17(28)21)20-24-26-27-25-20/h5-9,11,30H,2-4,10,12H2,1H3,(H,24,25,26,27). The molecule has 0 amide bonds. The van der Waals surface area contributed by atoms with Crippen molar-refractivity contribution >= 4 is 27.5 Å². The second-order valence-electron chi connectivity index (χ2n) is 6.95. The molecule has 0 aliphatic heterocycles. The monoisotopic (exact) mass is 489 g/mol. The van der Waals surface area contributed by atoms with Crippen molar-refractivity contribution < 1.29 is 5.11 Å². The predicted octanol–water partition coefficient (Wildman–Crippen LogP) is 4.15. The highest BCUT2D eigenvalue weighted by molar-refractivity contribution is 9.10. The number of aromatic amines is 1. The molecule has 3 heterocycles. The van der Waals surface area contributed by atoms with Crippen molar-refractivity contribution in [1.82, 2.24) is 34.7 Å². The Morgan fingerprint density at radius 3 is 2.70 bits per heavy atom. The summed E-state index contributed by atoms with van der Waals surface area (Å²) in [5, 5.41) is 24.0. The molecule has 0 spiro atoms. The minimum absolute atomic E-state index is 0.158. The summed E-state index contributed by atoms with van der Waals surface area (Å²) in [6.07, 6.45) is 4.90. The van der Waals surface area contributed by atoms with E-state index in [1.165, 1.54) is 0 Å². The molecule has 156 valence electrons. The second-order valence-corrected chi connectivity index (χ2v) is 8.12. The van der Waals surface area contributed by atoms with E-state index in [1.54, 1.807) is 0 Å². The van der Waals surface area contributed by atoms with E-state index < -0.39 is 0 Å². The highest BCUT2D eigenvalue weighted by atomic mass is 79.9. The van der Waals surface area contributed by atoms with Crippen molar-refractivity contribution in [3.63, 3.8) is 0 Å². The van der Waals surface area contributed by atoms with Gasteiger partial charge in [-0.05, 0) is 56.5 Å². The molecule has 0 atom stereocenters. The maximum Gasteiger partial charge on any atom is 0.180 e. The van der Waals surface area contributed by atoms with E-state index in [-0.39, 0.29) is 6.61 Å². The predicted molar refractivity (Wildman–Crippen MR) is 118 cm³/mol. The van der Waals surface area contributed by atoms with E-state index in [4.69, 9.17) is 11.6 Å². The van der Waals surface area contributed by atoms with Gasteiger partial charge in [0.1, 0.15) is 16.7 Å². The zero-order valence-corrected chi connectivity index (χ0v) is 18.7. The summed E-state index contributed by atoms with van der Waals surface area (Å²) >= 11 is 10.1. The number of aliphatic hydroxyl groups is 1. The van der Waals surface area contributed by atoms with Gasteiger partial charge in [-0.1, -0.05) is 37.1 Å². The fourth-order valence-corrected chi connectivity index (χ4v) is 4.12. The number of hydrogen-bond donors (Lipinski definition) is 2. The van der Waals surface area contributed by atoms with Gasteiger partial charge >= 0.3 is 0 Å². The summed E-state index contributed by atoms with van der Waals surface area (Å²) < 4.78 is 4.90. The lowest BCUT2D eigenvalue weighted by molar-refractivity contribution is 0.277. The van der Waals surface area contributed by atoms with Gasteiger partial charge in [0.2, 0.25) is 0 Å². The zero-order valence-electron chi connectivity index (χ0n) is 16.4. The minimum atomic E-state index is -0.158. The Labute approximate surface area is 187 Å². The van der Waals surface area contributed by atoms with Gasteiger partial charge in [-0.2, -0.15) is 0 Å². The maximum absolute atomic E-state index is 9.52. The first-order valence-corrected chi connectivity index (χ1v) is 10.8. The third-order valence-electron chi connectivity index (χ3n) is 4.90. The fourth-order valence-electron chi connectivity index (χ4n) is 3.31. The van der Waals surface area contributed by atoms with Crippen molar-refractivity contribution in [2.24, 2.45) is 0 Å². The van der Waals surface area contributed by atoms with Crippen LogP contribution >= 0.6 is 27.5 Å². The lowest BCUT2D eigenvalue weighted by atomic mass is 10.2. The Bertz CT molecular complexity index is 1120. The summed E-state index contributed by atoms with van der Waals surface area (Å²) in [5.74, 6) is 1.52. The molecule has 0 bridgehead atoms. The number of unbranched alkanes of at least 4 members (excludes halogenated alkanes) is 1. The largest absolute Gasteiger partial charge is 0.390 e.